The molecule has 1 heterocycles. The summed E-state index contributed by atoms with van der Waals surface area (Å²) in [5.41, 5.74) is 5.08. The molecule has 0 saturated carbocycles. The lowest BCUT2D eigenvalue weighted by atomic mass is 10.1. The van der Waals surface area contributed by atoms with E-state index in [1.54, 1.807) is 4.90 Å². The van der Waals surface area contributed by atoms with Crippen molar-refractivity contribution in [2.45, 2.75) is 20.5 Å². The number of carbonyl (C=O) groups excluding carboxylic acids is 1. The second kappa shape index (κ2) is 9.45. The molecule has 0 aromatic heterocycles. The Morgan fingerprint density at radius 2 is 1.68 bits per heavy atom. The highest BCUT2D eigenvalue weighted by molar-refractivity contribution is 8.27. The van der Waals surface area contributed by atoms with E-state index >= 15 is 0 Å². The number of rotatable bonds is 5. The van der Waals surface area contributed by atoms with Gasteiger partial charge in [-0.3, -0.25) is 9.69 Å². The van der Waals surface area contributed by atoms with E-state index in [9.17, 15) is 4.79 Å². The number of thioether (sulfide) groups is 1. The number of benzene rings is 4. The second-order valence-electron chi connectivity index (χ2n) is 8.25. The summed E-state index contributed by atoms with van der Waals surface area (Å²) >= 11 is 6.88. The van der Waals surface area contributed by atoms with Gasteiger partial charge in [0.05, 0.1) is 10.6 Å². The van der Waals surface area contributed by atoms with Gasteiger partial charge in [-0.05, 0) is 65.6 Å². The normalized spacial score (nSPS) is 14.9. The third-order valence-corrected chi connectivity index (χ3v) is 7.31. The van der Waals surface area contributed by atoms with Crippen molar-refractivity contribution in [2.24, 2.45) is 0 Å². The minimum Gasteiger partial charge on any atom is -0.488 e. The van der Waals surface area contributed by atoms with Gasteiger partial charge in [0.15, 0.2) is 4.32 Å². The first-order chi connectivity index (χ1) is 16.5. The molecule has 0 N–H and O–H groups in total. The average Bonchev–Trinajstić information content (AvgIpc) is 3.13. The van der Waals surface area contributed by atoms with Crippen molar-refractivity contribution in [3.63, 3.8) is 0 Å². The van der Waals surface area contributed by atoms with E-state index in [4.69, 9.17) is 17.0 Å². The van der Waals surface area contributed by atoms with Gasteiger partial charge in [-0.1, -0.05) is 90.7 Å². The van der Waals surface area contributed by atoms with Gasteiger partial charge in [-0.25, -0.2) is 0 Å². The van der Waals surface area contributed by atoms with Crippen molar-refractivity contribution in [1.82, 2.24) is 0 Å². The second-order valence-corrected chi connectivity index (χ2v) is 9.93. The maximum Gasteiger partial charge on any atom is 0.270 e. The Morgan fingerprint density at radius 1 is 0.912 bits per heavy atom. The SMILES string of the molecule is Cc1ccc(N2C(=O)/C(=C\c3ccccc3OCc3cccc4ccccc34)SC2=S)cc1C. The van der Waals surface area contributed by atoms with Gasteiger partial charge >= 0.3 is 0 Å². The molecule has 4 aromatic carbocycles. The zero-order valence-corrected chi connectivity index (χ0v) is 20.6. The molecule has 34 heavy (non-hydrogen) atoms. The van der Waals surface area contributed by atoms with Crippen molar-refractivity contribution in [3.05, 3.63) is 112 Å². The highest BCUT2D eigenvalue weighted by Gasteiger charge is 2.33. The summed E-state index contributed by atoms with van der Waals surface area (Å²) in [4.78, 5) is 15.5. The fraction of sp³-hybridized carbons (Fsp3) is 0.103. The largest absolute Gasteiger partial charge is 0.488 e. The first-order valence-corrected chi connectivity index (χ1v) is 12.3. The number of carbonyl (C=O) groups is 1. The molecular weight excluding hydrogens is 458 g/mol. The number of hydrogen-bond acceptors (Lipinski definition) is 4. The smallest absolute Gasteiger partial charge is 0.270 e. The van der Waals surface area contributed by atoms with Crippen LogP contribution >= 0.6 is 24.0 Å². The molecule has 0 bridgehead atoms. The molecule has 0 atom stereocenters. The van der Waals surface area contributed by atoms with E-state index in [1.165, 1.54) is 28.1 Å². The van der Waals surface area contributed by atoms with Crippen molar-refractivity contribution in [3.8, 4) is 5.75 Å². The predicted octanol–water partition coefficient (Wildman–Crippen LogP) is 7.44. The molecule has 1 aliphatic heterocycles. The van der Waals surface area contributed by atoms with Crippen LogP contribution < -0.4 is 9.64 Å². The molecule has 0 unspecified atom stereocenters. The number of hydrogen-bond donors (Lipinski definition) is 0. The summed E-state index contributed by atoms with van der Waals surface area (Å²) in [6, 6.07) is 28.3. The summed E-state index contributed by atoms with van der Waals surface area (Å²) in [6.45, 7) is 4.53. The van der Waals surface area contributed by atoms with Crippen molar-refractivity contribution in [1.29, 1.82) is 0 Å². The number of thiocarbonyl (C=S) groups is 1. The van der Waals surface area contributed by atoms with Gasteiger partial charge in [-0.2, -0.15) is 0 Å². The van der Waals surface area contributed by atoms with E-state index in [1.807, 2.05) is 73.7 Å². The molecular formula is C29H23NO2S2. The number of para-hydroxylation sites is 1. The van der Waals surface area contributed by atoms with Crippen LogP contribution in [0.2, 0.25) is 0 Å². The molecule has 1 aliphatic rings. The van der Waals surface area contributed by atoms with Crippen molar-refractivity contribution >= 4 is 56.7 Å². The number of anilines is 1. The van der Waals surface area contributed by atoms with E-state index < -0.39 is 0 Å². The summed E-state index contributed by atoms with van der Waals surface area (Å²) in [7, 11) is 0. The molecule has 0 radical (unpaired) electrons. The lowest BCUT2D eigenvalue weighted by molar-refractivity contribution is -0.113. The van der Waals surface area contributed by atoms with Gasteiger partial charge in [0.25, 0.3) is 5.91 Å². The Morgan fingerprint density at radius 3 is 2.53 bits per heavy atom. The number of ether oxygens (including phenoxy) is 1. The van der Waals surface area contributed by atoms with E-state index in [2.05, 4.69) is 31.2 Å². The zero-order chi connectivity index (χ0) is 23.7. The highest BCUT2D eigenvalue weighted by Crippen LogP contribution is 2.37. The molecule has 1 fully saturated rings. The summed E-state index contributed by atoms with van der Waals surface area (Å²) < 4.78 is 6.77. The molecule has 0 aliphatic carbocycles. The molecule has 1 amide bonds. The van der Waals surface area contributed by atoms with Crippen LogP contribution in [0.15, 0.2) is 89.8 Å². The standard InChI is InChI=1S/C29H23NO2S2/c1-19-14-15-24(16-20(19)2)30-28(31)27(34-29(30)33)17-22-9-4-6-13-26(22)32-18-23-11-7-10-21-8-3-5-12-25(21)23/h3-17H,18H2,1-2H3/b27-17+. The van der Waals surface area contributed by atoms with Gasteiger partial charge < -0.3 is 4.74 Å². The van der Waals surface area contributed by atoms with Crippen LogP contribution in [0.4, 0.5) is 5.69 Å². The minimum absolute atomic E-state index is 0.109. The Hall–Kier alpha value is -3.41. The number of nitrogens with zero attached hydrogens (tertiary/aromatic N) is 1. The lowest BCUT2D eigenvalue weighted by Gasteiger charge is -2.16. The zero-order valence-electron chi connectivity index (χ0n) is 18.9. The van der Waals surface area contributed by atoms with Crippen LogP contribution in [0.25, 0.3) is 16.8 Å². The highest BCUT2D eigenvalue weighted by atomic mass is 32.2. The number of fused-ring (bicyclic) bond motifs is 1. The van der Waals surface area contributed by atoms with Crippen molar-refractivity contribution in [2.75, 3.05) is 4.90 Å². The molecule has 5 rings (SSSR count). The Balaban J connectivity index is 1.41. The molecule has 0 spiro atoms. The maximum atomic E-state index is 13.3. The van der Waals surface area contributed by atoms with Crippen LogP contribution in [0.3, 0.4) is 0 Å². The van der Waals surface area contributed by atoms with Gasteiger partial charge in [0.1, 0.15) is 12.4 Å². The predicted molar refractivity (Wildman–Crippen MR) is 146 cm³/mol. The third-order valence-electron chi connectivity index (χ3n) is 6.01. The van der Waals surface area contributed by atoms with Crippen LogP contribution in [-0.2, 0) is 11.4 Å². The topological polar surface area (TPSA) is 29.5 Å². The van der Waals surface area contributed by atoms with Crippen LogP contribution in [0.5, 0.6) is 5.75 Å². The fourth-order valence-corrected chi connectivity index (χ4v) is 5.29. The maximum absolute atomic E-state index is 13.3. The summed E-state index contributed by atoms with van der Waals surface area (Å²) in [6.07, 6.45) is 1.87. The fourth-order valence-electron chi connectivity index (χ4n) is 4.00. The molecule has 4 aromatic rings. The summed E-state index contributed by atoms with van der Waals surface area (Å²) in [5.74, 6) is 0.619. The van der Waals surface area contributed by atoms with Crippen LogP contribution in [-0.4, -0.2) is 10.2 Å². The monoisotopic (exact) mass is 481 g/mol. The molecule has 5 heteroatoms. The first kappa shape index (κ1) is 22.4. The lowest BCUT2D eigenvalue weighted by Crippen LogP contribution is -2.27. The third kappa shape index (κ3) is 4.37. The number of amides is 1. The van der Waals surface area contributed by atoms with Gasteiger partial charge in [0, 0.05) is 5.56 Å². The van der Waals surface area contributed by atoms with Gasteiger partial charge in [-0.15, -0.1) is 0 Å². The van der Waals surface area contributed by atoms with E-state index in [0.717, 1.165) is 28.1 Å². The Bertz CT molecular complexity index is 1450. The summed E-state index contributed by atoms with van der Waals surface area (Å²) in [5, 5.41) is 2.36. The Labute approximate surface area is 209 Å². The molecule has 168 valence electrons. The molecule has 3 nitrogen and oxygen atoms in total. The first-order valence-electron chi connectivity index (χ1n) is 11.0. The molecule has 1 saturated heterocycles. The average molecular weight is 482 g/mol. The quantitative estimate of drug-likeness (QED) is 0.219. The van der Waals surface area contributed by atoms with E-state index in [0.29, 0.717) is 15.8 Å². The van der Waals surface area contributed by atoms with Crippen LogP contribution in [0, 0.1) is 13.8 Å². The van der Waals surface area contributed by atoms with E-state index in [-0.39, 0.29) is 5.91 Å². The van der Waals surface area contributed by atoms with Crippen LogP contribution in [0.1, 0.15) is 22.3 Å². The van der Waals surface area contributed by atoms with Gasteiger partial charge in [0.2, 0.25) is 0 Å². The Kier molecular flexibility index (Phi) is 6.22. The minimum atomic E-state index is -0.109. The van der Waals surface area contributed by atoms with Crippen molar-refractivity contribution < 1.29 is 9.53 Å². The number of aryl methyl sites for hydroxylation is 2.